The van der Waals surface area contributed by atoms with Gasteiger partial charge in [-0.3, -0.25) is 10.1 Å². The Morgan fingerprint density at radius 1 is 1.15 bits per heavy atom. The van der Waals surface area contributed by atoms with E-state index in [4.69, 9.17) is 21.1 Å². The molecular weight excluding hydrogens is 372 g/mol. The van der Waals surface area contributed by atoms with Gasteiger partial charge in [-0.25, -0.2) is 4.98 Å². The number of amides is 1. The summed E-state index contributed by atoms with van der Waals surface area (Å²) in [5.74, 6) is 1.04. The Morgan fingerprint density at radius 3 is 2.54 bits per heavy atom. The second-order valence-electron chi connectivity index (χ2n) is 5.44. The van der Waals surface area contributed by atoms with Gasteiger partial charge in [0.25, 0.3) is 5.91 Å². The molecule has 0 aliphatic carbocycles. The molecule has 0 spiro atoms. The first-order chi connectivity index (χ1) is 12.6. The van der Waals surface area contributed by atoms with Crippen molar-refractivity contribution in [2.45, 2.75) is 13.0 Å². The lowest BCUT2D eigenvalue weighted by Gasteiger charge is -2.14. The number of thiazole rings is 1. The van der Waals surface area contributed by atoms with Crippen LogP contribution >= 0.6 is 22.9 Å². The first kappa shape index (κ1) is 18.2. The third-order valence-corrected chi connectivity index (χ3v) is 4.71. The van der Waals surface area contributed by atoms with Gasteiger partial charge in [0.1, 0.15) is 11.5 Å². The van der Waals surface area contributed by atoms with E-state index in [9.17, 15) is 4.79 Å². The molecule has 0 radical (unpaired) electrons. The van der Waals surface area contributed by atoms with Crippen molar-refractivity contribution in [3.63, 3.8) is 0 Å². The summed E-state index contributed by atoms with van der Waals surface area (Å²) in [5, 5.41) is 5.74. The first-order valence-corrected chi connectivity index (χ1v) is 9.14. The first-order valence-electron chi connectivity index (χ1n) is 7.89. The van der Waals surface area contributed by atoms with Crippen LogP contribution in [0, 0.1) is 0 Å². The minimum Gasteiger partial charge on any atom is -0.497 e. The van der Waals surface area contributed by atoms with Crippen LogP contribution in [0.3, 0.4) is 0 Å². The van der Waals surface area contributed by atoms with Crippen LogP contribution in [0.25, 0.3) is 11.3 Å². The average molecular weight is 389 g/mol. The van der Waals surface area contributed by atoms with Crippen LogP contribution in [0.5, 0.6) is 11.5 Å². The summed E-state index contributed by atoms with van der Waals surface area (Å²) in [7, 11) is 1.59. The third kappa shape index (κ3) is 4.33. The standard InChI is InChI=1S/C19H17ClN2O3S/c1-12(25-14-9-7-13(24-2)8-10-14)18(23)22-19-21-17(11-26-19)15-5-3-4-6-16(15)20/h3-12H,1-2H3,(H,21,22,23). The van der Waals surface area contributed by atoms with Crippen molar-refractivity contribution in [2.75, 3.05) is 12.4 Å². The zero-order chi connectivity index (χ0) is 18.5. The quantitative estimate of drug-likeness (QED) is 0.653. The number of anilines is 1. The molecule has 0 bridgehead atoms. The van der Waals surface area contributed by atoms with Crippen molar-refractivity contribution >= 4 is 34.0 Å². The number of nitrogens with zero attached hydrogens (tertiary/aromatic N) is 1. The molecule has 1 N–H and O–H groups in total. The SMILES string of the molecule is COc1ccc(OC(C)C(=O)Nc2nc(-c3ccccc3Cl)cs2)cc1. The van der Waals surface area contributed by atoms with Gasteiger partial charge < -0.3 is 9.47 Å². The van der Waals surface area contributed by atoms with Crippen LogP contribution in [-0.2, 0) is 4.79 Å². The van der Waals surface area contributed by atoms with Crippen LogP contribution in [0.2, 0.25) is 5.02 Å². The van der Waals surface area contributed by atoms with E-state index in [1.807, 2.05) is 23.6 Å². The summed E-state index contributed by atoms with van der Waals surface area (Å²) in [6, 6.07) is 14.5. The topological polar surface area (TPSA) is 60.5 Å². The number of benzene rings is 2. The monoisotopic (exact) mass is 388 g/mol. The molecule has 1 atom stereocenters. The molecule has 26 heavy (non-hydrogen) atoms. The summed E-state index contributed by atoms with van der Waals surface area (Å²) < 4.78 is 10.7. The molecule has 1 unspecified atom stereocenters. The highest BCUT2D eigenvalue weighted by Gasteiger charge is 2.17. The van der Waals surface area contributed by atoms with Gasteiger partial charge in [0.15, 0.2) is 11.2 Å². The number of halogens is 1. The van der Waals surface area contributed by atoms with Crippen molar-refractivity contribution in [2.24, 2.45) is 0 Å². The summed E-state index contributed by atoms with van der Waals surface area (Å²) in [6.07, 6.45) is -0.670. The predicted molar refractivity (Wildman–Crippen MR) is 104 cm³/mol. The number of methoxy groups -OCH3 is 1. The number of aromatic nitrogens is 1. The molecule has 0 aliphatic rings. The summed E-state index contributed by atoms with van der Waals surface area (Å²) in [6.45, 7) is 1.68. The van der Waals surface area contributed by atoms with Crippen LogP contribution in [-0.4, -0.2) is 24.1 Å². The third-order valence-electron chi connectivity index (χ3n) is 3.63. The number of hydrogen-bond acceptors (Lipinski definition) is 5. The lowest BCUT2D eigenvalue weighted by Crippen LogP contribution is -2.30. The fraction of sp³-hybridized carbons (Fsp3) is 0.158. The van der Waals surface area contributed by atoms with Gasteiger partial charge in [-0.15, -0.1) is 11.3 Å². The van der Waals surface area contributed by atoms with Crippen molar-refractivity contribution in [1.82, 2.24) is 4.98 Å². The second kappa shape index (κ2) is 8.21. The van der Waals surface area contributed by atoms with Gasteiger partial charge in [-0.2, -0.15) is 0 Å². The van der Waals surface area contributed by atoms with Crippen LogP contribution in [0.15, 0.2) is 53.9 Å². The average Bonchev–Trinajstić information content (AvgIpc) is 3.11. The number of carbonyl (C=O) groups is 1. The molecule has 3 aromatic rings. The number of hydrogen-bond donors (Lipinski definition) is 1. The van der Waals surface area contributed by atoms with Gasteiger partial charge in [0.2, 0.25) is 0 Å². The maximum Gasteiger partial charge on any atom is 0.266 e. The fourth-order valence-corrected chi connectivity index (χ4v) is 3.19. The van der Waals surface area contributed by atoms with Gasteiger partial charge in [-0.05, 0) is 37.3 Å². The van der Waals surface area contributed by atoms with Crippen LogP contribution in [0.1, 0.15) is 6.92 Å². The molecule has 3 rings (SSSR count). The number of ether oxygens (including phenoxy) is 2. The molecule has 134 valence electrons. The van der Waals surface area contributed by atoms with E-state index in [-0.39, 0.29) is 5.91 Å². The summed E-state index contributed by atoms with van der Waals surface area (Å²) in [4.78, 5) is 16.8. The van der Waals surface area contributed by atoms with E-state index < -0.39 is 6.10 Å². The van der Waals surface area contributed by atoms with E-state index in [1.54, 1.807) is 44.4 Å². The van der Waals surface area contributed by atoms with E-state index in [0.717, 1.165) is 17.0 Å². The second-order valence-corrected chi connectivity index (χ2v) is 6.71. The largest absolute Gasteiger partial charge is 0.497 e. The molecule has 0 saturated carbocycles. The molecule has 1 amide bonds. The van der Waals surface area contributed by atoms with Gasteiger partial charge >= 0.3 is 0 Å². The Balaban J connectivity index is 1.63. The maximum absolute atomic E-state index is 12.3. The van der Waals surface area contributed by atoms with Crippen LogP contribution < -0.4 is 14.8 Å². The molecule has 1 heterocycles. The van der Waals surface area contributed by atoms with Crippen molar-refractivity contribution < 1.29 is 14.3 Å². The highest BCUT2D eigenvalue weighted by molar-refractivity contribution is 7.14. The molecule has 5 nitrogen and oxygen atoms in total. The van der Waals surface area contributed by atoms with E-state index in [1.165, 1.54) is 11.3 Å². The normalized spacial score (nSPS) is 11.7. The molecule has 0 fully saturated rings. The minimum atomic E-state index is -0.670. The molecule has 2 aromatic carbocycles. The van der Waals surface area contributed by atoms with Gasteiger partial charge in [0, 0.05) is 16.0 Å². The van der Waals surface area contributed by atoms with Crippen molar-refractivity contribution in [3.05, 3.63) is 58.9 Å². The van der Waals surface area contributed by atoms with Gasteiger partial charge in [0.05, 0.1) is 12.8 Å². The Kier molecular flexibility index (Phi) is 5.75. The van der Waals surface area contributed by atoms with E-state index in [0.29, 0.717) is 15.9 Å². The number of rotatable bonds is 6. The zero-order valence-electron chi connectivity index (χ0n) is 14.2. The van der Waals surface area contributed by atoms with E-state index >= 15 is 0 Å². The number of carbonyl (C=O) groups excluding carboxylic acids is 1. The predicted octanol–water partition coefficient (Wildman–Crippen LogP) is 4.88. The lowest BCUT2D eigenvalue weighted by atomic mass is 10.2. The molecule has 1 aromatic heterocycles. The van der Waals surface area contributed by atoms with Crippen molar-refractivity contribution in [1.29, 1.82) is 0 Å². The molecular formula is C19H17ClN2O3S. The Bertz CT molecular complexity index is 896. The summed E-state index contributed by atoms with van der Waals surface area (Å²) >= 11 is 7.52. The highest BCUT2D eigenvalue weighted by Crippen LogP contribution is 2.30. The fourth-order valence-electron chi connectivity index (χ4n) is 2.24. The molecule has 0 saturated heterocycles. The Labute approximate surface area is 160 Å². The number of nitrogens with one attached hydrogen (secondary N) is 1. The van der Waals surface area contributed by atoms with Crippen LogP contribution in [0.4, 0.5) is 5.13 Å². The highest BCUT2D eigenvalue weighted by atomic mass is 35.5. The van der Waals surface area contributed by atoms with Crippen molar-refractivity contribution in [3.8, 4) is 22.8 Å². The van der Waals surface area contributed by atoms with E-state index in [2.05, 4.69) is 10.3 Å². The molecule has 7 heteroatoms. The molecule has 0 aliphatic heterocycles. The summed E-state index contributed by atoms with van der Waals surface area (Å²) in [5.41, 5.74) is 1.55. The zero-order valence-corrected chi connectivity index (χ0v) is 15.8. The maximum atomic E-state index is 12.3. The Hall–Kier alpha value is -2.57. The smallest absolute Gasteiger partial charge is 0.266 e. The Morgan fingerprint density at radius 2 is 1.85 bits per heavy atom. The lowest BCUT2D eigenvalue weighted by molar-refractivity contribution is -0.122. The minimum absolute atomic E-state index is 0.277. The van der Waals surface area contributed by atoms with Gasteiger partial charge in [-0.1, -0.05) is 29.8 Å².